The van der Waals surface area contributed by atoms with Gasteiger partial charge >= 0.3 is 6.18 Å². The Morgan fingerprint density at radius 1 is 1.33 bits per heavy atom. The van der Waals surface area contributed by atoms with Crippen LogP contribution in [0.15, 0.2) is 0 Å². The monoisotopic (exact) mass is 269 g/mol. The van der Waals surface area contributed by atoms with Crippen LogP contribution in [0.2, 0.25) is 0 Å². The molecule has 3 N–H and O–H groups in total. The first kappa shape index (κ1) is 15.2. The topological polar surface area (TPSA) is 71.6 Å². The van der Waals surface area contributed by atoms with Crippen LogP contribution in [0, 0.1) is 11.3 Å². The molecule has 3 unspecified atom stereocenters. The fraction of sp³-hybridized carbons (Fsp3) is 0.900. The van der Waals surface area contributed by atoms with Crippen molar-refractivity contribution >= 4 is 5.84 Å². The number of hydrogen-bond donors (Lipinski definition) is 2. The average Bonchev–Trinajstić information content (AvgIpc) is 2.66. The molecule has 8 heteroatoms. The molecule has 0 radical (unpaired) electrons. The number of methoxy groups -OCH3 is 2. The summed E-state index contributed by atoms with van der Waals surface area (Å²) in [6.07, 6.45) is -5.01. The summed E-state index contributed by atoms with van der Waals surface area (Å²) >= 11 is 0. The summed E-state index contributed by atoms with van der Waals surface area (Å²) in [5, 5.41) is 7.03. The molecule has 0 aromatic heterocycles. The van der Waals surface area contributed by atoms with E-state index in [9.17, 15) is 13.2 Å². The number of nitrogens with two attached hydrogens (primary N) is 1. The molecular weight excluding hydrogens is 251 g/mol. The number of likely N-dealkylation sites (tertiary alicyclic amines) is 1. The van der Waals surface area contributed by atoms with Gasteiger partial charge in [-0.25, -0.2) is 0 Å². The first-order chi connectivity index (χ1) is 8.29. The molecule has 1 fully saturated rings. The van der Waals surface area contributed by atoms with Crippen LogP contribution in [0.5, 0.6) is 0 Å². The van der Waals surface area contributed by atoms with Crippen molar-refractivity contribution in [3.8, 4) is 0 Å². The van der Waals surface area contributed by atoms with E-state index in [0.717, 1.165) is 0 Å². The molecule has 18 heavy (non-hydrogen) atoms. The van der Waals surface area contributed by atoms with E-state index < -0.39 is 17.9 Å². The van der Waals surface area contributed by atoms with Crippen molar-refractivity contribution < 1.29 is 22.6 Å². The van der Waals surface area contributed by atoms with Gasteiger partial charge in [0.2, 0.25) is 0 Å². The molecule has 3 atom stereocenters. The highest BCUT2D eigenvalue weighted by Gasteiger charge is 2.45. The van der Waals surface area contributed by atoms with Crippen molar-refractivity contribution in [3.05, 3.63) is 0 Å². The average molecular weight is 269 g/mol. The van der Waals surface area contributed by atoms with Crippen LogP contribution in [0.3, 0.4) is 0 Å². The third-order valence-electron chi connectivity index (χ3n) is 3.11. The van der Waals surface area contributed by atoms with E-state index in [1.54, 1.807) is 4.90 Å². The molecule has 1 aliphatic heterocycles. The summed E-state index contributed by atoms with van der Waals surface area (Å²) in [5.41, 5.74) is 5.01. The van der Waals surface area contributed by atoms with Crippen LogP contribution < -0.4 is 5.73 Å². The van der Waals surface area contributed by atoms with E-state index in [4.69, 9.17) is 20.6 Å². The molecular formula is C10H18F3N3O2. The minimum absolute atomic E-state index is 0.254. The Morgan fingerprint density at radius 3 is 2.06 bits per heavy atom. The van der Waals surface area contributed by atoms with Gasteiger partial charge in [0, 0.05) is 33.9 Å². The Balaban J connectivity index is 2.65. The fourth-order valence-electron chi connectivity index (χ4n) is 2.06. The van der Waals surface area contributed by atoms with Gasteiger partial charge in [0.1, 0.15) is 11.8 Å². The van der Waals surface area contributed by atoms with Crippen molar-refractivity contribution in [3.63, 3.8) is 0 Å². The Kier molecular flexibility index (Phi) is 4.94. The molecule has 0 saturated carbocycles. The highest BCUT2D eigenvalue weighted by atomic mass is 19.4. The van der Waals surface area contributed by atoms with Gasteiger partial charge in [-0.2, -0.15) is 13.2 Å². The standard InChI is InChI=1S/C10H18F3N3O2/c1-17-7-4-16(5-8(7)18-2)3-6(9(14)15)10(11,12)13/h6-8H,3-5H2,1-2H3,(H3,14,15). The van der Waals surface area contributed by atoms with Gasteiger partial charge in [0.05, 0.1) is 12.2 Å². The van der Waals surface area contributed by atoms with Crippen molar-refractivity contribution in [2.75, 3.05) is 33.9 Å². The van der Waals surface area contributed by atoms with E-state index in [1.807, 2.05) is 0 Å². The second-order valence-electron chi connectivity index (χ2n) is 4.32. The summed E-state index contributed by atoms with van der Waals surface area (Å²) < 4.78 is 48.3. The molecule has 1 aliphatic rings. The number of ether oxygens (including phenoxy) is 2. The van der Waals surface area contributed by atoms with E-state index in [-0.39, 0.29) is 18.8 Å². The minimum Gasteiger partial charge on any atom is -0.387 e. The van der Waals surface area contributed by atoms with Gasteiger partial charge in [-0.05, 0) is 0 Å². The number of rotatable bonds is 5. The summed E-state index contributed by atoms with van der Waals surface area (Å²) in [5.74, 6) is -2.80. The largest absolute Gasteiger partial charge is 0.399 e. The first-order valence-corrected chi connectivity index (χ1v) is 5.48. The van der Waals surface area contributed by atoms with Crippen molar-refractivity contribution in [2.45, 2.75) is 18.4 Å². The van der Waals surface area contributed by atoms with Crippen molar-refractivity contribution in [2.24, 2.45) is 11.7 Å². The van der Waals surface area contributed by atoms with Gasteiger partial charge in [-0.1, -0.05) is 0 Å². The quantitative estimate of drug-likeness (QED) is 0.561. The smallest absolute Gasteiger partial charge is 0.387 e. The van der Waals surface area contributed by atoms with Crippen LogP contribution in [0.25, 0.3) is 0 Å². The van der Waals surface area contributed by atoms with E-state index >= 15 is 0 Å². The molecule has 0 bridgehead atoms. The predicted octanol–water partition coefficient (Wildman–Crippen LogP) is 0.446. The Hall–Kier alpha value is -0.860. The van der Waals surface area contributed by atoms with Gasteiger partial charge < -0.3 is 15.2 Å². The number of nitrogens with one attached hydrogen (secondary N) is 1. The van der Waals surface area contributed by atoms with Gasteiger partial charge in [0.15, 0.2) is 0 Å². The molecule has 1 saturated heterocycles. The van der Waals surface area contributed by atoms with Crippen molar-refractivity contribution in [1.82, 2.24) is 4.90 Å². The molecule has 1 heterocycles. The second-order valence-corrected chi connectivity index (χ2v) is 4.32. The van der Waals surface area contributed by atoms with E-state index in [0.29, 0.717) is 13.1 Å². The number of hydrogen-bond acceptors (Lipinski definition) is 4. The zero-order valence-electron chi connectivity index (χ0n) is 10.3. The first-order valence-electron chi connectivity index (χ1n) is 5.48. The van der Waals surface area contributed by atoms with Gasteiger partial charge in [-0.15, -0.1) is 0 Å². The molecule has 0 aliphatic carbocycles. The third-order valence-corrected chi connectivity index (χ3v) is 3.11. The zero-order valence-corrected chi connectivity index (χ0v) is 10.3. The number of amidine groups is 1. The molecule has 1 rings (SSSR count). The van der Waals surface area contributed by atoms with E-state index in [2.05, 4.69) is 0 Å². The Morgan fingerprint density at radius 2 is 1.78 bits per heavy atom. The number of alkyl halides is 3. The third kappa shape index (κ3) is 3.56. The van der Waals surface area contributed by atoms with Gasteiger partial charge in [-0.3, -0.25) is 10.3 Å². The lowest BCUT2D eigenvalue weighted by Gasteiger charge is -2.24. The van der Waals surface area contributed by atoms with Crippen LogP contribution in [-0.2, 0) is 9.47 Å². The zero-order chi connectivity index (χ0) is 13.9. The maximum absolute atomic E-state index is 12.7. The summed E-state index contributed by atoms with van der Waals surface area (Å²) in [7, 11) is 2.98. The molecule has 106 valence electrons. The lowest BCUT2D eigenvalue weighted by molar-refractivity contribution is -0.159. The number of nitrogens with zero attached hydrogens (tertiary/aromatic N) is 1. The van der Waals surface area contributed by atoms with Crippen LogP contribution in [0.1, 0.15) is 0 Å². The lowest BCUT2D eigenvalue weighted by atomic mass is 10.1. The van der Waals surface area contributed by atoms with E-state index in [1.165, 1.54) is 14.2 Å². The molecule has 5 nitrogen and oxygen atoms in total. The predicted molar refractivity (Wildman–Crippen MR) is 59.5 cm³/mol. The van der Waals surface area contributed by atoms with Crippen LogP contribution >= 0.6 is 0 Å². The Bertz CT molecular complexity index is 287. The molecule has 0 aromatic carbocycles. The highest BCUT2D eigenvalue weighted by Crippen LogP contribution is 2.28. The van der Waals surface area contributed by atoms with Crippen LogP contribution in [-0.4, -0.2) is 63.0 Å². The highest BCUT2D eigenvalue weighted by molar-refractivity contribution is 5.80. The molecule has 0 amide bonds. The molecule has 0 spiro atoms. The summed E-state index contributed by atoms with van der Waals surface area (Å²) in [6.45, 7) is 0.349. The maximum Gasteiger partial charge on any atom is 0.399 e. The summed E-state index contributed by atoms with van der Waals surface area (Å²) in [4.78, 5) is 1.56. The van der Waals surface area contributed by atoms with Crippen molar-refractivity contribution in [1.29, 1.82) is 5.41 Å². The second kappa shape index (κ2) is 5.85. The lowest BCUT2D eigenvalue weighted by Crippen LogP contribution is -2.43. The molecule has 0 aromatic rings. The summed E-state index contributed by atoms with van der Waals surface area (Å²) in [6, 6.07) is 0. The maximum atomic E-state index is 12.7. The fourth-order valence-corrected chi connectivity index (χ4v) is 2.06. The SMILES string of the molecule is COC1CN(CC(C(=N)N)C(F)(F)F)CC1OC. The van der Waals surface area contributed by atoms with Gasteiger partial charge in [0.25, 0.3) is 0 Å². The van der Waals surface area contributed by atoms with Crippen LogP contribution in [0.4, 0.5) is 13.2 Å². The number of halogens is 3. The normalized spacial score (nSPS) is 27.4. The Labute approximate surface area is 104 Å². The minimum atomic E-state index is -4.50.